The summed E-state index contributed by atoms with van der Waals surface area (Å²) < 4.78 is 5.92. The molecule has 0 radical (unpaired) electrons. The van der Waals surface area contributed by atoms with Crippen LogP contribution in [0.25, 0.3) is 21.8 Å². The van der Waals surface area contributed by atoms with E-state index in [0.29, 0.717) is 12.3 Å². The van der Waals surface area contributed by atoms with Crippen LogP contribution >= 0.6 is 0 Å². The van der Waals surface area contributed by atoms with Crippen LogP contribution in [0.15, 0.2) is 54.7 Å². The van der Waals surface area contributed by atoms with Gasteiger partial charge in [0.15, 0.2) is 0 Å². The predicted molar refractivity (Wildman–Crippen MR) is 116 cm³/mol. The third-order valence-corrected chi connectivity index (χ3v) is 5.52. The molecule has 4 aromatic rings. The molecule has 0 bridgehead atoms. The molecule has 2 aromatic carbocycles. The largest absolute Gasteiger partial charge is 0.492 e. The lowest BCUT2D eigenvalue weighted by Gasteiger charge is -2.14. The van der Waals surface area contributed by atoms with Crippen LogP contribution in [-0.2, 0) is 0 Å². The molecule has 0 aliphatic carbocycles. The van der Waals surface area contributed by atoms with Crippen molar-refractivity contribution in [1.29, 1.82) is 0 Å². The number of hydrogen-bond donors (Lipinski definition) is 3. The number of aromatic nitrogens is 2. The van der Waals surface area contributed by atoms with E-state index in [2.05, 4.69) is 20.2 Å². The van der Waals surface area contributed by atoms with Gasteiger partial charge < -0.3 is 20.0 Å². The first-order chi connectivity index (χ1) is 14.2. The lowest BCUT2D eigenvalue weighted by molar-refractivity contribution is 0.102. The molecular formula is C23H24N4O2. The fourth-order valence-electron chi connectivity index (χ4n) is 3.95. The van der Waals surface area contributed by atoms with Crippen LogP contribution in [-0.4, -0.2) is 47.0 Å². The normalized spacial score (nSPS) is 14.6. The van der Waals surface area contributed by atoms with Crippen LogP contribution in [0.3, 0.4) is 0 Å². The van der Waals surface area contributed by atoms with Gasteiger partial charge in [-0.15, -0.1) is 0 Å². The summed E-state index contributed by atoms with van der Waals surface area (Å²) in [5.74, 6) is 0.674. The van der Waals surface area contributed by atoms with Gasteiger partial charge in [-0.25, -0.2) is 0 Å². The third-order valence-electron chi connectivity index (χ3n) is 5.52. The third kappa shape index (κ3) is 3.84. The Morgan fingerprint density at radius 1 is 1.00 bits per heavy atom. The van der Waals surface area contributed by atoms with Gasteiger partial charge >= 0.3 is 0 Å². The van der Waals surface area contributed by atoms with Crippen molar-refractivity contribution in [2.24, 2.45) is 0 Å². The monoisotopic (exact) mass is 388 g/mol. The molecule has 3 heterocycles. The number of carbonyl (C=O) groups is 1. The summed E-state index contributed by atoms with van der Waals surface area (Å²) in [7, 11) is 0. The summed E-state index contributed by atoms with van der Waals surface area (Å²) in [6.45, 7) is 4.00. The number of carbonyl (C=O) groups excluding carboxylic acids is 1. The lowest BCUT2D eigenvalue weighted by Crippen LogP contribution is -2.25. The van der Waals surface area contributed by atoms with Gasteiger partial charge in [0.1, 0.15) is 18.1 Å². The average Bonchev–Trinajstić information content (AvgIpc) is 3.47. The van der Waals surface area contributed by atoms with Crippen LogP contribution < -0.4 is 10.1 Å². The minimum absolute atomic E-state index is 0.160. The molecule has 29 heavy (non-hydrogen) atoms. The lowest BCUT2D eigenvalue weighted by atomic mass is 10.2. The number of nitrogens with zero attached hydrogens (tertiary/aromatic N) is 1. The molecule has 148 valence electrons. The van der Waals surface area contributed by atoms with Gasteiger partial charge in [-0.05, 0) is 74.5 Å². The van der Waals surface area contributed by atoms with Gasteiger partial charge in [-0.2, -0.15) is 0 Å². The minimum Gasteiger partial charge on any atom is -0.492 e. The molecule has 5 rings (SSSR count). The first-order valence-electron chi connectivity index (χ1n) is 10.1. The maximum Gasteiger partial charge on any atom is 0.272 e. The Labute approximate surface area is 168 Å². The standard InChI is InChI=1S/C23H24N4O2/c28-23(25-18-3-5-20-16(13-18)7-8-24-20)22-15-17-14-19(4-6-21(17)26-22)29-12-11-27-9-1-2-10-27/h3-8,13-15,24,26H,1-2,9-12H2,(H,25,28). The first-order valence-corrected chi connectivity index (χ1v) is 10.1. The highest BCUT2D eigenvalue weighted by Crippen LogP contribution is 2.23. The molecule has 0 unspecified atom stereocenters. The Morgan fingerprint density at radius 2 is 1.86 bits per heavy atom. The molecule has 0 saturated carbocycles. The molecular weight excluding hydrogens is 364 g/mol. The maximum atomic E-state index is 12.7. The number of H-pyrrole nitrogens is 2. The fraction of sp³-hybridized carbons (Fsp3) is 0.261. The summed E-state index contributed by atoms with van der Waals surface area (Å²) >= 11 is 0. The van der Waals surface area contributed by atoms with E-state index >= 15 is 0 Å². The molecule has 0 atom stereocenters. The first kappa shape index (κ1) is 17.8. The number of benzene rings is 2. The summed E-state index contributed by atoms with van der Waals surface area (Å²) in [5.41, 5.74) is 3.27. The van der Waals surface area contributed by atoms with Crippen molar-refractivity contribution in [2.75, 3.05) is 31.6 Å². The number of nitrogens with one attached hydrogen (secondary N) is 3. The van der Waals surface area contributed by atoms with E-state index in [1.54, 1.807) is 0 Å². The van der Waals surface area contributed by atoms with Crippen molar-refractivity contribution in [3.05, 3.63) is 60.4 Å². The Kier molecular flexibility index (Phi) is 4.69. The average molecular weight is 388 g/mol. The van der Waals surface area contributed by atoms with Gasteiger partial charge in [0, 0.05) is 40.2 Å². The van der Waals surface area contributed by atoms with Crippen molar-refractivity contribution in [2.45, 2.75) is 12.8 Å². The molecule has 1 amide bonds. The minimum atomic E-state index is -0.160. The van der Waals surface area contributed by atoms with Crippen molar-refractivity contribution in [3.63, 3.8) is 0 Å². The number of ether oxygens (including phenoxy) is 1. The number of fused-ring (bicyclic) bond motifs is 2. The molecule has 2 aromatic heterocycles. The van der Waals surface area contributed by atoms with E-state index in [1.165, 1.54) is 25.9 Å². The molecule has 0 spiro atoms. The van der Waals surface area contributed by atoms with Crippen LogP contribution in [0, 0.1) is 0 Å². The Hall–Kier alpha value is -3.25. The number of likely N-dealkylation sites (tertiary alicyclic amines) is 1. The highest BCUT2D eigenvalue weighted by molar-refractivity contribution is 6.06. The summed E-state index contributed by atoms with van der Waals surface area (Å²) in [5, 5.41) is 4.99. The van der Waals surface area contributed by atoms with E-state index in [1.807, 2.05) is 54.7 Å². The van der Waals surface area contributed by atoms with Gasteiger partial charge in [-0.3, -0.25) is 9.69 Å². The Bertz CT molecular complexity index is 1150. The highest BCUT2D eigenvalue weighted by atomic mass is 16.5. The summed E-state index contributed by atoms with van der Waals surface area (Å²) in [4.78, 5) is 21.5. The van der Waals surface area contributed by atoms with Crippen LogP contribution in [0.2, 0.25) is 0 Å². The smallest absolute Gasteiger partial charge is 0.272 e. The Balaban J connectivity index is 1.26. The summed E-state index contributed by atoms with van der Waals surface area (Å²) in [6, 6.07) is 15.6. The van der Waals surface area contributed by atoms with Crippen LogP contribution in [0.4, 0.5) is 5.69 Å². The zero-order chi connectivity index (χ0) is 19.6. The highest BCUT2D eigenvalue weighted by Gasteiger charge is 2.13. The zero-order valence-corrected chi connectivity index (χ0v) is 16.2. The van der Waals surface area contributed by atoms with Crippen molar-refractivity contribution >= 4 is 33.4 Å². The number of hydrogen-bond acceptors (Lipinski definition) is 3. The SMILES string of the molecule is O=C(Nc1ccc2[nH]ccc2c1)c1cc2cc(OCCN3CCCC3)ccc2[nH]1. The van der Waals surface area contributed by atoms with Gasteiger partial charge in [-0.1, -0.05) is 0 Å². The van der Waals surface area contributed by atoms with Crippen molar-refractivity contribution in [1.82, 2.24) is 14.9 Å². The van der Waals surface area contributed by atoms with E-state index in [9.17, 15) is 4.79 Å². The zero-order valence-electron chi connectivity index (χ0n) is 16.2. The molecule has 3 N–H and O–H groups in total. The number of aromatic amines is 2. The summed E-state index contributed by atoms with van der Waals surface area (Å²) in [6.07, 6.45) is 4.47. The molecule has 1 aliphatic rings. The predicted octanol–water partition coefficient (Wildman–Crippen LogP) is 4.38. The number of amides is 1. The van der Waals surface area contributed by atoms with Gasteiger partial charge in [0.2, 0.25) is 0 Å². The van der Waals surface area contributed by atoms with Crippen molar-refractivity contribution in [3.8, 4) is 5.75 Å². The number of rotatable bonds is 6. The van der Waals surface area contributed by atoms with E-state index < -0.39 is 0 Å². The molecule has 1 fully saturated rings. The molecule has 1 saturated heterocycles. The quantitative estimate of drug-likeness (QED) is 0.459. The Morgan fingerprint density at radius 3 is 2.76 bits per heavy atom. The second kappa shape index (κ2) is 7.64. The van der Waals surface area contributed by atoms with E-state index in [0.717, 1.165) is 39.8 Å². The fourth-order valence-corrected chi connectivity index (χ4v) is 3.95. The van der Waals surface area contributed by atoms with Crippen molar-refractivity contribution < 1.29 is 9.53 Å². The van der Waals surface area contributed by atoms with Crippen LogP contribution in [0.5, 0.6) is 5.75 Å². The second-order valence-electron chi connectivity index (χ2n) is 7.56. The van der Waals surface area contributed by atoms with Gasteiger partial charge in [0.25, 0.3) is 5.91 Å². The second-order valence-corrected chi connectivity index (χ2v) is 7.56. The number of anilines is 1. The topological polar surface area (TPSA) is 73.2 Å². The maximum absolute atomic E-state index is 12.7. The van der Waals surface area contributed by atoms with Gasteiger partial charge in [0.05, 0.1) is 0 Å². The van der Waals surface area contributed by atoms with E-state index in [-0.39, 0.29) is 5.91 Å². The molecule has 6 heteroatoms. The molecule has 6 nitrogen and oxygen atoms in total. The van der Waals surface area contributed by atoms with E-state index in [4.69, 9.17) is 4.74 Å². The molecule has 1 aliphatic heterocycles. The van der Waals surface area contributed by atoms with Crippen LogP contribution in [0.1, 0.15) is 23.3 Å².